The highest BCUT2D eigenvalue weighted by molar-refractivity contribution is 5.71. The molecule has 0 aromatic rings. The summed E-state index contributed by atoms with van der Waals surface area (Å²) in [5.74, 6) is -1.02. The molecule has 0 radical (unpaired) electrons. The Kier molecular flexibility index (Phi) is 45.5. The number of unbranched alkanes of at least 4 members (excludes halogenated alkanes) is 19. The molecule has 0 aliphatic carbocycles. The molecule has 0 amide bonds. The largest absolute Gasteiger partial charge is 0.462 e. The third kappa shape index (κ3) is 45.7. The van der Waals surface area contributed by atoms with Gasteiger partial charge in [0.1, 0.15) is 13.2 Å². The topological polar surface area (TPSA) is 78.9 Å². The average Bonchev–Trinajstić information content (AvgIpc) is 3.24. The van der Waals surface area contributed by atoms with Crippen molar-refractivity contribution in [3.8, 4) is 0 Å². The zero-order chi connectivity index (χ0) is 43.7. The second kappa shape index (κ2) is 48.3. The Morgan fingerprint density at radius 2 is 0.733 bits per heavy atom. The van der Waals surface area contributed by atoms with E-state index in [2.05, 4.69) is 99.8 Å². The number of allylic oxidation sites excluding steroid dienone is 14. The molecular formula is C54H90O6. The van der Waals surface area contributed by atoms with Crippen molar-refractivity contribution in [2.24, 2.45) is 0 Å². The van der Waals surface area contributed by atoms with E-state index in [1.54, 1.807) is 0 Å². The number of ether oxygens (including phenoxy) is 3. The Labute approximate surface area is 369 Å². The first-order valence-corrected chi connectivity index (χ1v) is 24.6. The standard InChI is InChI=1S/C54H90O6/c1-4-7-10-13-16-19-22-25-27-30-32-35-38-41-44-47-53(56)59-50-51(49-58-52(55)46-43-40-37-34-31-28-24-21-18-15-12-9-6-3)60-54(57)48-45-42-39-36-33-29-26-23-20-17-14-11-8-5-2/h8,11,16-17,19-20,22,25-26,28-29,31,37,40,51H,4-7,9-10,12-15,18,21,23-24,27,30,32-36,38-39,41-50H2,1-3H3/b11-8-,19-16-,20-17-,25-22-,29-26-,31-28-,40-37-. The van der Waals surface area contributed by atoms with Crippen LogP contribution in [0.25, 0.3) is 0 Å². The molecule has 1 unspecified atom stereocenters. The lowest BCUT2D eigenvalue weighted by molar-refractivity contribution is -0.166. The molecule has 342 valence electrons. The summed E-state index contributed by atoms with van der Waals surface area (Å²) < 4.78 is 16.7. The smallest absolute Gasteiger partial charge is 0.306 e. The third-order valence-electron chi connectivity index (χ3n) is 10.1. The minimum Gasteiger partial charge on any atom is -0.462 e. The van der Waals surface area contributed by atoms with Gasteiger partial charge in [0.05, 0.1) is 0 Å². The second-order valence-electron chi connectivity index (χ2n) is 16.0. The van der Waals surface area contributed by atoms with Crippen LogP contribution in [0.5, 0.6) is 0 Å². The van der Waals surface area contributed by atoms with Gasteiger partial charge < -0.3 is 14.2 Å². The van der Waals surface area contributed by atoms with Crippen LogP contribution in [0.2, 0.25) is 0 Å². The summed E-state index contributed by atoms with van der Waals surface area (Å²) in [4.78, 5) is 37.8. The summed E-state index contributed by atoms with van der Waals surface area (Å²) in [6.45, 7) is 6.39. The predicted molar refractivity (Wildman–Crippen MR) is 256 cm³/mol. The lowest BCUT2D eigenvalue weighted by atomic mass is 10.1. The Morgan fingerprint density at radius 1 is 0.367 bits per heavy atom. The van der Waals surface area contributed by atoms with Crippen LogP contribution in [0.3, 0.4) is 0 Å². The molecule has 0 aliphatic heterocycles. The minimum atomic E-state index is -0.815. The molecule has 0 heterocycles. The van der Waals surface area contributed by atoms with Gasteiger partial charge in [0.2, 0.25) is 0 Å². The van der Waals surface area contributed by atoms with Crippen LogP contribution in [0, 0.1) is 0 Å². The fraction of sp³-hybridized carbons (Fsp3) is 0.685. The Morgan fingerprint density at radius 3 is 1.25 bits per heavy atom. The average molecular weight is 835 g/mol. The van der Waals surface area contributed by atoms with Gasteiger partial charge in [-0.3, -0.25) is 14.4 Å². The van der Waals surface area contributed by atoms with E-state index in [0.29, 0.717) is 12.8 Å². The minimum absolute atomic E-state index is 0.110. The van der Waals surface area contributed by atoms with Crippen LogP contribution in [0.4, 0.5) is 0 Å². The summed E-state index contributed by atoms with van der Waals surface area (Å²) in [7, 11) is 0. The van der Waals surface area contributed by atoms with Gasteiger partial charge in [-0.2, -0.15) is 0 Å². The lowest BCUT2D eigenvalue weighted by Gasteiger charge is -2.18. The maximum Gasteiger partial charge on any atom is 0.306 e. The fourth-order valence-corrected chi connectivity index (χ4v) is 6.44. The number of hydrogen-bond acceptors (Lipinski definition) is 6. The fourth-order valence-electron chi connectivity index (χ4n) is 6.44. The van der Waals surface area contributed by atoms with Gasteiger partial charge in [0, 0.05) is 19.3 Å². The number of rotatable bonds is 43. The SMILES string of the molecule is CC/C=C\C/C=C\C/C=C\CCCCCCC(=O)OC(COC(=O)CC/C=C\C/C=C\CCCCCCCC)COC(=O)CCCCCCCC/C=C\C=C/CCCCC. The van der Waals surface area contributed by atoms with Crippen molar-refractivity contribution in [3.05, 3.63) is 85.1 Å². The molecule has 0 aromatic heterocycles. The highest BCUT2D eigenvalue weighted by Crippen LogP contribution is 2.12. The number of carbonyl (C=O) groups is 3. The van der Waals surface area contributed by atoms with Gasteiger partial charge >= 0.3 is 17.9 Å². The zero-order valence-electron chi connectivity index (χ0n) is 38.9. The van der Waals surface area contributed by atoms with E-state index in [9.17, 15) is 14.4 Å². The summed E-state index contributed by atoms with van der Waals surface area (Å²) in [6, 6.07) is 0. The van der Waals surface area contributed by atoms with Gasteiger partial charge in [-0.1, -0.05) is 189 Å². The van der Waals surface area contributed by atoms with Crippen molar-refractivity contribution in [2.45, 2.75) is 226 Å². The number of esters is 3. The Balaban J connectivity index is 4.51. The molecule has 0 aliphatic rings. The van der Waals surface area contributed by atoms with Gasteiger partial charge in [0.25, 0.3) is 0 Å². The molecule has 1 atom stereocenters. The first kappa shape index (κ1) is 56.6. The Hall–Kier alpha value is -3.41. The second-order valence-corrected chi connectivity index (χ2v) is 16.0. The molecule has 6 heteroatoms. The molecule has 6 nitrogen and oxygen atoms in total. The lowest BCUT2D eigenvalue weighted by Crippen LogP contribution is -2.30. The van der Waals surface area contributed by atoms with Crippen LogP contribution < -0.4 is 0 Å². The van der Waals surface area contributed by atoms with E-state index in [0.717, 1.165) is 96.3 Å². The van der Waals surface area contributed by atoms with Crippen molar-refractivity contribution in [2.75, 3.05) is 13.2 Å². The molecule has 0 spiro atoms. The van der Waals surface area contributed by atoms with Gasteiger partial charge in [0.15, 0.2) is 6.10 Å². The Bertz CT molecular complexity index is 1190. The monoisotopic (exact) mass is 835 g/mol. The summed E-state index contributed by atoms with van der Waals surface area (Å²) in [5.41, 5.74) is 0. The molecule has 60 heavy (non-hydrogen) atoms. The number of hydrogen-bond donors (Lipinski definition) is 0. The van der Waals surface area contributed by atoms with Gasteiger partial charge in [-0.05, 0) is 96.3 Å². The molecule has 0 aromatic carbocycles. The first-order chi connectivity index (χ1) is 29.5. The predicted octanol–water partition coefficient (Wildman–Crippen LogP) is 16.0. The van der Waals surface area contributed by atoms with Crippen LogP contribution in [0.1, 0.15) is 220 Å². The van der Waals surface area contributed by atoms with E-state index in [1.165, 1.54) is 77.0 Å². The van der Waals surface area contributed by atoms with Gasteiger partial charge in [-0.15, -0.1) is 0 Å². The van der Waals surface area contributed by atoms with Crippen LogP contribution in [-0.4, -0.2) is 37.2 Å². The molecule has 0 saturated carbocycles. The van der Waals surface area contributed by atoms with Gasteiger partial charge in [-0.25, -0.2) is 0 Å². The van der Waals surface area contributed by atoms with Crippen molar-refractivity contribution < 1.29 is 28.6 Å². The molecule has 0 N–H and O–H groups in total. The van der Waals surface area contributed by atoms with E-state index in [4.69, 9.17) is 14.2 Å². The van der Waals surface area contributed by atoms with Crippen molar-refractivity contribution >= 4 is 17.9 Å². The molecule has 0 rings (SSSR count). The van der Waals surface area contributed by atoms with E-state index in [1.807, 2.05) is 6.08 Å². The van der Waals surface area contributed by atoms with Crippen molar-refractivity contribution in [1.29, 1.82) is 0 Å². The molecular weight excluding hydrogens is 745 g/mol. The van der Waals surface area contributed by atoms with Crippen LogP contribution in [0.15, 0.2) is 85.1 Å². The maximum absolute atomic E-state index is 12.8. The third-order valence-corrected chi connectivity index (χ3v) is 10.1. The molecule has 0 saturated heterocycles. The van der Waals surface area contributed by atoms with Crippen molar-refractivity contribution in [1.82, 2.24) is 0 Å². The summed E-state index contributed by atoms with van der Waals surface area (Å²) in [6.07, 6.45) is 61.4. The molecule has 0 fully saturated rings. The number of carbonyl (C=O) groups excluding carboxylic acids is 3. The van der Waals surface area contributed by atoms with Crippen LogP contribution in [-0.2, 0) is 28.6 Å². The molecule has 0 bridgehead atoms. The van der Waals surface area contributed by atoms with E-state index in [-0.39, 0.29) is 44.0 Å². The summed E-state index contributed by atoms with van der Waals surface area (Å²) >= 11 is 0. The zero-order valence-corrected chi connectivity index (χ0v) is 38.9. The summed E-state index contributed by atoms with van der Waals surface area (Å²) in [5, 5.41) is 0. The van der Waals surface area contributed by atoms with E-state index < -0.39 is 6.10 Å². The van der Waals surface area contributed by atoms with Crippen LogP contribution >= 0.6 is 0 Å². The van der Waals surface area contributed by atoms with Crippen molar-refractivity contribution in [3.63, 3.8) is 0 Å². The first-order valence-electron chi connectivity index (χ1n) is 24.6. The highest BCUT2D eigenvalue weighted by Gasteiger charge is 2.19. The quantitative estimate of drug-likeness (QED) is 0.0200. The maximum atomic E-state index is 12.8. The van der Waals surface area contributed by atoms with E-state index >= 15 is 0 Å². The highest BCUT2D eigenvalue weighted by atomic mass is 16.6. The normalized spacial score (nSPS) is 12.8.